The monoisotopic (exact) mass is 172 g/mol. The second-order valence-electron chi connectivity index (χ2n) is 2.85. The number of ketones is 1. The van der Waals surface area contributed by atoms with Crippen LogP contribution in [0.25, 0.3) is 0 Å². The lowest BCUT2D eigenvalue weighted by Gasteiger charge is -1.87. The third kappa shape index (κ3) is 9.50. The first-order chi connectivity index (χ1) is 4.52. The van der Waals surface area contributed by atoms with Crippen molar-refractivity contribution in [2.45, 2.75) is 27.7 Å². The quantitative estimate of drug-likeness (QED) is 0.585. The van der Waals surface area contributed by atoms with Crippen LogP contribution in [0.1, 0.15) is 27.7 Å². The molecule has 11 heavy (non-hydrogen) atoms. The van der Waals surface area contributed by atoms with Crippen molar-refractivity contribution in [1.29, 1.82) is 0 Å². The SMILES string of the molecule is CC(C)=CC(=O)C=C(C)C.S. The molecule has 0 spiro atoms. The van der Waals surface area contributed by atoms with Crippen LogP contribution >= 0.6 is 13.5 Å². The predicted molar refractivity (Wildman–Crippen MR) is 54.3 cm³/mol. The number of carbonyl (C=O) groups excluding carboxylic acids is 1. The topological polar surface area (TPSA) is 17.1 Å². The summed E-state index contributed by atoms with van der Waals surface area (Å²) in [5.74, 6) is 0.0833. The molecule has 0 aromatic carbocycles. The van der Waals surface area contributed by atoms with E-state index in [0.29, 0.717) is 0 Å². The summed E-state index contributed by atoms with van der Waals surface area (Å²) in [7, 11) is 0. The fraction of sp³-hybridized carbons (Fsp3) is 0.444. The highest BCUT2D eigenvalue weighted by Gasteiger charge is 1.89. The van der Waals surface area contributed by atoms with E-state index in [0.717, 1.165) is 11.1 Å². The average molecular weight is 172 g/mol. The fourth-order valence-electron chi connectivity index (χ4n) is 0.611. The fourth-order valence-corrected chi connectivity index (χ4v) is 0.611. The van der Waals surface area contributed by atoms with E-state index in [4.69, 9.17) is 0 Å². The molecule has 0 radical (unpaired) electrons. The van der Waals surface area contributed by atoms with Crippen molar-refractivity contribution < 1.29 is 4.79 Å². The number of allylic oxidation sites excluding steroid dienone is 4. The van der Waals surface area contributed by atoms with Crippen molar-refractivity contribution in [3.05, 3.63) is 23.3 Å². The predicted octanol–water partition coefficient (Wildman–Crippen LogP) is 2.60. The molecule has 0 N–H and O–H groups in total. The third-order valence-electron chi connectivity index (χ3n) is 0.862. The van der Waals surface area contributed by atoms with Gasteiger partial charge in [0.05, 0.1) is 0 Å². The van der Waals surface area contributed by atoms with Crippen LogP contribution in [0.3, 0.4) is 0 Å². The van der Waals surface area contributed by atoms with E-state index < -0.39 is 0 Å². The maximum atomic E-state index is 10.9. The summed E-state index contributed by atoms with van der Waals surface area (Å²) in [6, 6.07) is 0. The summed E-state index contributed by atoms with van der Waals surface area (Å²) in [5.41, 5.74) is 2.09. The number of rotatable bonds is 2. The molecule has 0 bridgehead atoms. The molecule has 0 saturated heterocycles. The Morgan fingerprint density at radius 3 is 1.36 bits per heavy atom. The van der Waals surface area contributed by atoms with Crippen LogP contribution in [0.4, 0.5) is 0 Å². The van der Waals surface area contributed by atoms with Gasteiger partial charge in [0.1, 0.15) is 0 Å². The highest BCUT2D eigenvalue weighted by molar-refractivity contribution is 7.59. The molecule has 0 amide bonds. The first-order valence-corrected chi connectivity index (χ1v) is 3.36. The van der Waals surface area contributed by atoms with Gasteiger partial charge in [0.25, 0.3) is 0 Å². The zero-order chi connectivity index (χ0) is 8.15. The highest BCUT2D eigenvalue weighted by Crippen LogP contribution is 1.94. The summed E-state index contributed by atoms with van der Waals surface area (Å²) in [4.78, 5) is 10.9. The lowest BCUT2D eigenvalue weighted by Crippen LogP contribution is -1.87. The second kappa shape index (κ2) is 6.23. The molecular formula is C9H16OS. The van der Waals surface area contributed by atoms with E-state index >= 15 is 0 Å². The van der Waals surface area contributed by atoms with Crippen molar-refractivity contribution in [3.8, 4) is 0 Å². The molecule has 2 heteroatoms. The van der Waals surface area contributed by atoms with Crippen LogP contribution in [0.2, 0.25) is 0 Å². The zero-order valence-corrected chi connectivity index (χ0v) is 8.56. The molecule has 64 valence electrons. The molecule has 0 fully saturated rings. The normalized spacial score (nSPS) is 7.64. The molecule has 1 nitrogen and oxygen atoms in total. The first kappa shape index (κ1) is 13.1. The van der Waals surface area contributed by atoms with Crippen LogP contribution in [-0.4, -0.2) is 5.78 Å². The number of hydrogen-bond donors (Lipinski definition) is 0. The van der Waals surface area contributed by atoms with Crippen LogP contribution in [0.5, 0.6) is 0 Å². The summed E-state index contributed by atoms with van der Waals surface area (Å²) in [6.07, 6.45) is 3.26. The molecular weight excluding hydrogens is 156 g/mol. The van der Waals surface area contributed by atoms with Gasteiger partial charge in [-0.2, -0.15) is 13.5 Å². The summed E-state index contributed by atoms with van der Waals surface area (Å²) in [6.45, 7) is 7.65. The van der Waals surface area contributed by atoms with E-state index in [2.05, 4.69) is 0 Å². The van der Waals surface area contributed by atoms with Gasteiger partial charge in [-0.15, -0.1) is 0 Å². The molecule has 0 atom stereocenters. The molecule has 0 heterocycles. The minimum atomic E-state index is 0. The van der Waals surface area contributed by atoms with Gasteiger partial charge in [0, 0.05) is 0 Å². The molecule has 0 aromatic heterocycles. The Morgan fingerprint density at radius 2 is 1.18 bits per heavy atom. The minimum absolute atomic E-state index is 0. The van der Waals surface area contributed by atoms with E-state index in [9.17, 15) is 4.79 Å². The minimum Gasteiger partial charge on any atom is -0.290 e. The lowest BCUT2D eigenvalue weighted by molar-refractivity contribution is -0.110. The highest BCUT2D eigenvalue weighted by atomic mass is 32.1. The van der Waals surface area contributed by atoms with Crippen LogP contribution < -0.4 is 0 Å². The van der Waals surface area contributed by atoms with Gasteiger partial charge >= 0.3 is 0 Å². The maximum Gasteiger partial charge on any atom is 0.178 e. The van der Waals surface area contributed by atoms with Crippen molar-refractivity contribution in [3.63, 3.8) is 0 Å². The second-order valence-corrected chi connectivity index (χ2v) is 2.85. The molecule has 0 unspecified atom stereocenters. The molecule has 0 rings (SSSR count). The van der Waals surface area contributed by atoms with Gasteiger partial charge < -0.3 is 0 Å². The number of carbonyl (C=O) groups is 1. The van der Waals surface area contributed by atoms with Crippen LogP contribution in [-0.2, 0) is 4.79 Å². The van der Waals surface area contributed by atoms with Gasteiger partial charge in [-0.25, -0.2) is 0 Å². The Labute approximate surface area is 75.6 Å². The Balaban J connectivity index is 0. The summed E-state index contributed by atoms with van der Waals surface area (Å²) < 4.78 is 0. The van der Waals surface area contributed by atoms with Crippen molar-refractivity contribution in [2.24, 2.45) is 0 Å². The van der Waals surface area contributed by atoms with Gasteiger partial charge in [-0.1, -0.05) is 11.1 Å². The lowest BCUT2D eigenvalue weighted by atomic mass is 10.2. The molecule has 0 aliphatic rings. The van der Waals surface area contributed by atoms with Gasteiger partial charge in [-0.05, 0) is 39.8 Å². The van der Waals surface area contributed by atoms with Gasteiger partial charge in [0.15, 0.2) is 5.78 Å². The van der Waals surface area contributed by atoms with Crippen molar-refractivity contribution >= 4 is 19.3 Å². The van der Waals surface area contributed by atoms with E-state index in [-0.39, 0.29) is 19.3 Å². The smallest absolute Gasteiger partial charge is 0.178 e. The molecule has 0 aliphatic carbocycles. The largest absolute Gasteiger partial charge is 0.290 e. The summed E-state index contributed by atoms with van der Waals surface area (Å²) >= 11 is 0. The average Bonchev–Trinajstić information content (AvgIpc) is 1.58. The standard InChI is InChI=1S/C9H14O.H2S/c1-7(2)5-9(10)6-8(3)4;/h5-6H,1-4H3;1H2. The Kier molecular flexibility index (Phi) is 7.42. The van der Waals surface area contributed by atoms with Gasteiger partial charge in [0.2, 0.25) is 0 Å². The molecule has 0 saturated carbocycles. The Morgan fingerprint density at radius 1 is 0.909 bits per heavy atom. The zero-order valence-electron chi connectivity index (χ0n) is 7.56. The van der Waals surface area contributed by atoms with Crippen LogP contribution in [0.15, 0.2) is 23.3 Å². The first-order valence-electron chi connectivity index (χ1n) is 3.36. The van der Waals surface area contributed by atoms with Gasteiger partial charge in [-0.3, -0.25) is 4.79 Å². The molecule has 0 aromatic rings. The van der Waals surface area contributed by atoms with E-state index in [1.807, 2.05) is 27.7 Å². The summed E-state index contributed by atoms with van der Waals surface area (Å²) in [5, 5.41) is 0. The Bertz CT molecular complexity index is 162. The maximum absolute atomic E-state index is 10.9. The third-order valence-corrected chi connectivity index (χ3v) is 0.862. The van der Waals surface area contributed by atoms with E-state index in [1.54, 1.807) is 12.2 Å². The van der Waals surface area contributed by atoms with Crippen LogP contribution in [0, 0.1) is 0 Å². The van der Waals surface area contributed by atoms with Crippen molar-refractivity contribution in [1.82, 2.24) is 0 Å². The molecule has 0 aliphatic heterocycles. The number of hydrogen-bond acceptors (Lipinski definition) is 1. The Hall–Kier alpha value is -0.500. The van der Waals surface area contributed by atoms with Crippen molar-refractivity contribution in [2.75, 3.05) is 0 Å². The van der Waals surface area contributed by atoms with E-state index in [1.165, 1.54) is 0 Å².